The smallest absolute Gasteiger partial charge is 0.310 e. The van der Waals surface area contributed by atoms with Crippen LogP contribution in [0.1, 0.15) is 27.2 Å². The monoisotopic (exact) mass is 213 g/mol. The van der Waals surface area contributed by atoms with Gasteiger partial charge in [0.25, 0.3) is 0 Å². The quantitative estimate of drug-likeness (QED) is 0.658. The Hall–Kier alpha value is -1.06. The SMILES string of the molecule is CC(=O)N1CCC(C(=O)OCC(C)C)C1. The van der Waals surface area contributed by atoms with E-state index in [0.29, 0.717) is 25.6 Å². The third-order valence-electron chi connectivity index (χ3n) is 2.53. The van der Waals surface area contributed by atoms with Gasteiger partial charge >= 0.3 is 5.97 Å². The van der Waals surface area contributed by atoms with Crippen LogP contribution >= 0.6 is 0 Å². The minimum Gasteiger partial charge on any atom is -0.465 e. The molecule has 0 bridgehead atoms. The van der Waals surface area contributed by atoms with Crippen molar-refractivity contribution in [3.8, 4) is 0 Å². The molecule has 0 N–H and O–H groups in total. The second kappa shape index (κ2) is 5.14. The van der Waals surface area contributed by atoms with Crippen LogP contribution < -0.4 is 0 Å². The molecule has 0 radical (unpaired) electrons. The molecule has 1 fully saturated rings. The van der Waals surface area contributed by atoms with E-state index in [-0.39, 0.29) is 17.8 Å². The molecule has 0 aromatic heterocycles. The van der Waals surface area contributed by atoms with Crippen LogP contribution in [0.5, 0.6) is 0 Å². The number of carbonyl (C=O) groups is 2. The van der Waals surface area contributed by atoms with Gasteiger partial charge in [-0.05, 0) is 12.3 Å². The molecule has 4 heteroatoms. The lowest BCUT2D eigenvalue weighted by molar-refractivity contribution is -0.149. The molecule has 1 heterocycles. The number of likely N-dealkylation sites (tertiary alicyclic amines) is 1. The molecule has 0 saturated carbocycles. The van der Waals surface area contributed by atoms with Gasteiger partial charge in [0.1, 0.15) is 0 Å². The first-order valence-electron chi connectivity index (χ1n) is 5.43. The van der Waals surface area contributed by atoms with Gasteiger partial charge in [0.05, 0.1) is 12.5 Å². The fourth-order valence-electron chi connectivity index (χ4n) is 1.61. The van der Waals surface area contributed by atoms with Crippen molar-refractivity contribution in [3.05, 3.63) is 0 Å². The van der Waals surface area contributed by atoms with E-state index in [1.54, 1.807) is 4.90 Å². The second-order valence-corrected chi connectivity index (χ2v) is 4.47. The zero-order chi connectivity index (χ0) is 11.4. The predicted molar refractivity (Wildman–Crippen MR) is 56.2 cm³/mol. The average molecular weight is 213 g/mol. The lowest BCUT2D eigenvalue weighted by Gasteiger charge is -2.14. The highest BCUT2D eigenvalue weighted by Gasteiger charge is 2.30. The van der Waals surface area contributed by atoms with E-state index in [1.165, 1.54) is 6.92 Å². The van der Waals surface area contributed by atoms with Gasteiger partial charge in [0.15, 0.2) is 0 Å². The van der Waals surface area contributed by atoms with E-state index in [4.69, 9.17) is 4.74 Å². The maximum atomic E-state index is 11.6. The van der Waals surface area contributed by atoms with Gasteiger partial charge in [-0.3, -0.25) is 9.59 Å². The summed E-state index contributed by atoms with van der Waals surface area (Å²) < 4.78 is 5.14. The largest absolute Gasteiger partial charge is 0.465 e. The summed E-state index contributed by atoms with van der Waals surface area (Å²) in [6.45, 7) is 7.20. The first kappa shape index (κ1) is 12.0. The van der Waals surface area contributed by atoms with Gasteiger partial charge in [-0.25, -0.2) is 0 Å². The molecule has 1 rings (SSSR count). The highest BCUT2D eigenvalue weighted by atomic mass is 16.5. The molecule has 15 heavy (non-hydrogen) atoms. The Morgan fingerprint density at radius 1 is 1.47 bits per heavy atom. The van der Waals surface area contributed by atoms with Crippen molar-refractivity contribution in [1.29, 1.82) is 0 Å². The molecular weight excluding hydrogens is 194 g/mol. The Morgan fingerprint density at radius 2 is 2.13 bits per heavy atom. The van der Waals surface area contributed by atoms with Crippen molar-refractivity contribution in [2.75, 3.05) is 19.7 Å². The summed E-state index contributed by atoms with van der Waals surface area (Å²) in [5, 5.41) is 0. The fourth-order valence-corrected chi connectivity index (χ4v) is 1.61. The number of rotatable bonds is 3. The molecule has 0 aromatic rings. The maximum absolute atomic E-state index is 11.6. The Labute approximate surface area is 90.6 Å². The van der Waals surface area contributed by atoms with Crippen LogP contribution in [0.25, 0.3) is 0 Å². The predicted octanol–water partition coefficient (Wildman–Crippen LogP) is 1.05. The average Bonchev–Trinajstić information content (AvgIpc) is 2.62. The summed E-state index contributed by atoms with van der Waals surface area (Å²) in [4.78, 5) is 24.3. The number of nitrogens with zero attached hydrogens (tertiary/aromatic N) is 1. The van der Waals surface area contributed by atoms with Crippen molar-refractivity contribution in [2.24, 2.45) is 11.8 Å². The molecule has 1 unspecified atom stereocenters. The van der Waals surface area contributed by atoms with E-state index < -0.39 is 0 Å². The molecule has 1 aliphatic rings. The molecular formula is C11H19NO3. The molecule has 0 aromatic carbocycles. The topological polar surface area (TPSA) is 46.6 Å². The zero-order valence-corrected chi connectivity index (χ0v) is 9.66. The molecule has 4 nitrogen and oxygen atoms in total. The third kappa shape index (κ3) is 3.53. The van der Waals surface area contributed by atoms with Crippen molar-refractivity contribution in [2.45, 2.75) is 27.2 Å². The fraction of sp³-hybridized carbons (Fsp3) is 0.818. The maximum Gasteiger partial charge on any atom is 0.310 e. The second-order valence-electron chi connectivity index (χ2n) is 4.47. The van der Waals surface area contributed by atoms with Gasteiger partial charge in [0, 0.05) is 20.0 Å². The lowest BCUT2D eigenvalue weighted by atomic mass is 10.1. The van der Waals surface area contributed by atoms with Crippen LogP contribution in [0.4, 0.5) is 0 Å². The van der Waals surface area contributed by atoms with Gasteiger partial charge in [-0.2, -0.15) is 0 Å². The normalized spacial score (nSPS) is 20.8. The summed E-state index contributed by atoms with van der Waals surface area (Å²) in [5.74, 6) is 0.119. The molecule has 0 aliphatic carbocycles. The first-order chi connectivity index (χ1) is 7.00. The Morgan fingerprint density at radius 3 is 2.60 bits per heavy atom. The molecule has 0 spiro atoms. The summed E-state index contributed by atoms with van der Waals surface area (Å²) in [7, 11) is 0. The van der Waals surface area contributed by atoms with Crippen LogP contribution in [0.2, 0.25) is 0 Å². The van der Waals surface area contributed by atoms with E-state index in [0.717, 1.165) is 6.42 Å². The standard InChI is InChI=1S/C11H19NO3/c1-8(2)7-15-11(14)10-4-5-12(6-10)9(3)13/h8,10H,4-7H2,1-3H3. The van der Waals surface area contributed by atoms with Crippen molar-refractivity contribution < 1.29 is 14.3 Å². The van der Waals surface area contributed by atoms with Crippen LogP contribution in [0.15, 0.2) is 0 Å². The number of ether oxygens (including phenoxy) is 1. The van der Waals surface area contributed by atoms with Crippen molar-refractivity contribution in [3.63, 3.8) is 0 Å². The molecule has 1 amide bonds. The van der Waals surface area contributed by atoms with Crippen LogP contribution in [0.3, 0.4) is 0 Å². The molecule has 1 atom stereocenters. The minimum atomic E-state index is -0.160. The number of esters is 1. The molecule has 1 saturated heterocycles. The van der Waals surface area contributed by atoms with E-state index >= 15 is 0 Å². The zero-order valence-electron chi connectivity index (χ0n) is 9.66. The van der Waals surface area contributed by atoms with Gasteiger partial charge in [0.2, 0.25) is 5.91 Å². The first-order valence-corrected chi connectivity index (χ1v) is 5.43. The Balaban J connectivity index is 2.33. The summed E-state index contributed by atoms with van der Waals surface area (Å²) in [5.41, 5.74) is 0. The van der Waals surface area contributed by atoms with Crippen molar-refractivity contribution in [1.82, 2.24) is 4.90 Å². The number of carbonyl (C=O) groups excluding carboxylic acids is 2. The summed E-state index contributed by atoms with van der Waals surface area (Å²) in [6, 6.07) is 0. The van der Waals surface area contributed by atoms with Gasteiger partial charge in [-0.15, -0.1) is 0 Å². The van der Waals surface area contributed by atoms with Crippen LogP contribution in [-0.4, -0.2) is 36.5 Å². The molecule has 86 valence electrons. The summed E-state index contributed by atoms with van der Waals surface area (Å²) >= 11 is 0. The van der Waals surface area contributed by atoms with E-state index in [1.807, 2.05) is 13.8 Å². The van der Waals surface area contributed by atoms with Gasteiger partial charge < -0.3 is 9.64 Å². The molecule has 1 aliphatic heterocycles. The lowest BCUT2D eigenvalue weighted by Crippen LogP contribution is -2.28. The highest BCUT2D eigenvalue weighted by molar-refractivity contribution is 5.77. The highest BCUT2D eigenvalue weighted by Crippen LogP contribution is 2.17. The van der Waals surface area contributed by atoms with Gasteiger partial charge in [-0.1, -0.05) is 13.8 Å². The van der Waals surface area contributed by atoms with Crippen LogP contribution in [-0.2, 0) is 14.3 Å². The number of hydrogen-bond acceptors (Lipinski definition) is 3. The summed E-state index contributed by atoms with van der Waals surface area (Å²) in [6.07, 6.45) is 0.733. The Kier molecular flexibility index (Phi) is 4.12. The minimum absolute atomic E-state index is 0.0363. The van der Waals surface area contributed by atoms with E-state index in [2.05, 4.69) is 0 Å². The Bertz CT molecular complexity index is 250. The third-order valence-corrected chi connectivity index (χ3v) is 2.53. The number of amides is 1. The van der Waals surface area contributed by atoms with E-state index in [9.17, 15) is 9.59 Å². The number of hydrogen-bond donors (Lipinski definition) is 0. The van der Waals surface area contributed by atoms with Crippen LogP contribution in [0, 0.1) is 11.8 Å². The van der Waals surface area contributed by atoms with Crippen molar-refractivity contribution >= 4 is 11.9 Å².